The molecule has 0 bridgehead atoms. The molecular formula is C21H20F3N5O3S. The van der Waals surface area contributed by atoms with Crippen molar-refractivity contribution in [1.82, 2.24) is 14.8 Å². The van der Waals surface area contributed by atoms with Crippen molar-refractivity contribution in [1.29, 1.82) is 0 Å². The highest BCUT2D eigenvalue weighted by molar-refractivity contribution is 7.99. The van der Waals surface area contributed by atoms with Crippen LogP contribution in [0.2, 0.25) is 0 Å². The number of hydrogen-bond acceptors (Lipinski definition) is 6. The largest absolute Gasteiger partial charge is 0.506 e. The van der Waals surface area contributed by atoms with Gasteiger partial charge in [0.25, 0.3) is 0 Å². The van der Waals surface area contributed by atoms with Crippen LogP contribution in [0.15, 0.2) is 53.7 Å². The number of carbonyl (C=O) groups excluding carboxylic acids is 2. The third-order valence-corrected chi connectivity index (χ3v) is 5.38. The maximum atomic E-state index is 12.8. The number of anilines is 2. The number of halogens is 3. The Morgan fingerprint density at radius 1 is 1.06 bits per heavy atom. The fraction of sp³-hybridized carbons (Fsp3) is 0.238. The van der Waals surface area contributed by atoms with Crippen LogP contribution in [0.5, 0.6) is 5.75 Å². The van der Waals surface area contributed by atoms with Crippen molar-refractivity contribution >= 4 is 35.0 Å². The zero-order chi connectivity index (χ0) is 24.0. The molecule has 1 aromatic heterocycles. The first-order chi connectivity index (χ1) is 15.7. The molecule has 8 nitrogen and oxygen atoms in total. The summed E-state index contributed by atoms with van der Waals surface area (Å²) < 4.78 is 40.2. The van der Waals surface area contributed by atoms with E-state index in [0.29, 0.717) is 17.5 Å². The van der Waals surface area contributed by atoms with Crippen molar-refractivity contribution in [3.8, 4) is 5.75 Å². The summed E-state index contributed by atoms with van der Waals surface area (Å²) >= 11 is 1.10. The number of phenolic OH excluding ortho intramolecular Hbond substituents is 1. The number of amides is 2. The Morgan fingerprint density at radius 2 is 1.82 bits per heavy atom. The van der Waals surface area contributed by atoms with E-state index in [1.807, 2.05) is 6.92 Å². The molecule has 33 heavy (non-hydrogen) atoms. The Bertz CT molecular complexity index is 1150. The van der Waals surface area contributed by atoms with Gasteiger partial charge in [-0.15, -0.1) is 10.2 Å². The molecule has 0 atom stereocenters. The van der Waals surface area contributed by atoms with Gasteiger partial charge in [-0.2, -0.15) is 13.2 Å². The van der Waals surface area contributed by atoms with Crippen LogP contribution in [0.25, 0.3) is 0 Å². The number of thioether (sulfide) groups is 1. The standard InChI is InChI=1S/C21H20F3N5O3S/c1-2-29-17(11-18(31)25-14-7-5-6-13(10-14)21(22,23)24)27-28-20(29)33-12-19(32)26-15-8-3-4-9-16(15)30/h3-10,30H,2,11-12H2,1H3,(H,25,31)(H,26,32). The zero-order valence-electron chi connectivity index (χ0n) is 17.4. The van der Waals surface area contributed by atoms with Crippen LogP contribution in [0.4, 0.5) is 24.5 Å². The van der Waals surface area contributed by atoms with E-state index in [9.17, 15) is 27.9 Å². The van der Waals surface area contributed by atoms with E-state index >= 15 is 0 Å². The van der Waals surface area contributed by atoms with Crippen LogP contribution >= 0.6 is 11.8 Å². The van der Waals surface area contributed by atoms with E-state index in [-0.39, 0.29) is 35.2 Å². The monoisotopic (exact) mass is 479 g/mol. The number of nitrogens with zero attached hydrogens (tertiary/aromatic N) is 3. The lowest BCUT2D eigenvalue weighted by Crippen LogP contribution is -2.18. The van der Waals surface area contributed by atoms with E-state index in [1.165, 1.54) is 18.2 Å². The van der Waals surface area contributed by atoms with Crippen molar-refractivity contribution in [3.05, 3.63) is 59.9 Å². The maximum absolute atomic E-state index is 12.8. The third kappa shape index (κ3) is 6.48. The fourth-order valence-electron chi connectivity index (χ4n) is 2.89. The molecule has 3 rings (SSSR count). The molecule has 0 fully saturated rings. The number of carbonyl (C=O) groups is 2. The van der Waals surface area contributed by atoms with Gasteiger partial charge in [0.15, 0.2) is 5.16 Å². The van der Waals surface area contributed by atoms with E-state index in [2.05, 4.69) is 20.8 Å². The Labute approximate surface area is 191 Å². The number of aromatic hydroxyl groups is 1. The summed E-state index contributed by atoms with van der Waals surface area (Å²) in [6.07, 6.45) is -4.72. The molecule has 0 aliphatic carbocycles. The summed E-state index contributed by atoms with van der Waals surface area (Å²) in [7, 11) is 0. The first-order valence-electron chi connectivity index (χ1n) is 9.77. The predicted octanol–water partition coefficient (Wildman–Crippen LogP) is 3.93. The minimum Gasteiger partial charge on any atom is -0.506 e. The average molecular weight is 479 g/mol. The first kappa shape index (κ1) is 24.1. The lowest BCUT2D eigenvalue weighted by atomic mass is 10.2. The van der Waals surface area contributed by atoms with Gasteiger partial charge in [-0.3, -0.25) is 9.59 Å². The van der Waals surface area contributed by atoms with Crippen LogP contribution in [-0.4, -0.2) is 37.4 Å². The molecule has 1 heterocycles. The number of benzene rings is 2. The quantitative estimate of drug-likeness (QED) is 0.334. The number of para-hydroxylation sites is 2. The van der Waals surface area contributed by atoms with E-state index in [1.54, 1.807) is 22.8 Å². The molecule has 3 aromatic rings. The van der Waals surface area contributed by atoms with Gasteiger partial charge in [0.1, 0.15) is 11.6 Å². The summed E-state index contributed by atoms with van der Waals surface area (Å²) in [5.41, 5.74) is -0.558. The van der Waals surface area contributed by atoms with Gasteiger partial charge in [-0.1, -0.05) is 30.0 Å². The first-order valence-corrected chi connectivity index (χ1v) is 10.8. The highest BCUT2D eigenvalue weighted by atomic mass is 32.2. The Kier molecular flexibility index (Phi) is 7.59. The second-order valence-corrected chi connectivity index (χ2v) is 7.74. The van der Waals surface area contributed by atoms with Crippen LogP contribution in [0, 0.1) is 0 Å². The average Bonchev–Trinajstić information content (AvgIpc) is 3.14. The van der Waals surface area contributed by atoms with Gasteiger partial charge in [-0.25, -0.2) is 0 Å². The Balaban J connectivity index is 1.60. The van der Waals surface area contributed by atoms with Crippen molar-refractivity contribution < 1.29 is 27.9 Å². The fourth-order valence-corrected chi connectivity index (χ4v) is 3.71. The molecule has 0 spiro atoms. The SMILES string of the molecule is CCn1c(CC(=O)Nc2cccc(C(F)(F)F)c2)nnc1SCC(=O)Nc1ccccc1O. The zero-order valence-corrected chi connectivity index (χ0v) is 18.2. The second kappa shape index (κ2) is 10.4. The molecule has 0 saturated heterocycles. The van der Waals surface area contributed by atoms with E-state index in [4.69, 9.17) is 0 Å². The smallest absolute Gasteiger partial charge is 0.416 e. The lowest BCUT2D eigenvalue weighted by Gasteiger charge is -2.10. The van der Waals surface area contributed by atoms with Gasteiger partial charge in [0.05, 0.1) is 23.4 Å². The van der Waals surface area contributed by atoms with Crippen LogP contribution in [-0.2, 0) is 28.7 Å². The molecule has 174 valence electrons. The maximum Gasteiger partial charge on any atom is 0.416 e. The van der Waals surface area contributed by atoms with Gasteiger partial charge in [0, 0.05) is 12.2 Å². The molecule has 12 heteroatoms. The predicted molar refractivity (Wildman–Crippen MR) is 117 cm³/mol. The number of alkyl halides is 3. The van der Waals surface area contributed by atoms with Crippen molar-refractivity contribution in [2.45, 2.75) is 31.2 Å². The molecular weight excluding hydrogens is 459 g/mol. The Morgan fingerprint density at radius 3 is 2.52 bits per heavy atom. The minimum atomic E-state index is -4.51. The van der Waals surface area contributed by atoms with Crippen LogP contribution < -0.4 is 10.6 Å². The summed E-state index contributed by atoms with van der Waals surface area (Å²) in [6, 6.07) is 10.7. The second-order valence-electron chi connectivity index (χ2n) is 6.80. The topological polar surface area (TPSA) is 109 Å². The molecule has 0 aliphatic rings. The van der Waals surface area contributed by atoms with Gasteiger partial charge in [-0.05, 0) is 37.3 Å². The van der Waals surface area contributed by atoms with Crippen LogP contribution in [0.3, 0.4) is 0 Å². The van der Waals surface area contributed by atoms with Gasteiger partial charge in [0.2, 0.25) is 11.8 Å². The lowest BCUT2D eigenvalue weighted by molar-refractivity contribution is -0.137. The number of hydrogen-bond donors (Lipinski definition) is 3. The number of aromatic nitrogens is 3. The number of rotatable bonds is 8. The van der Waals surface area contributed by atoms with E-state index < -0.39 is 17.6 Å². The van der Waals surface area contributed by atoms with Crippen molar-refractivity contribution in [2.24, 2.45) is 0 Å². The molecule has 2 aromatic carbocycles. The third-order valence-electron chi connectivity index (χ3n) is 4.41. The van der Waals surface area contributed by atoms with Crippen molar-refractivity contribution in [2.75, 3.05) is 16.4 Å². The molecule has 0 saturated carbocycles. The van der Waals surface area contributed by atoms with Gasteiger partial charge < -0.3 is 20.3 Å². The molecule has 0 radical (unpaired) electrons. The Hall–Kier alpha value is -3.54. The normalized spacial score (nSPS) is 11.3. The highest BCUT2D eigenvalue weighted by Gasteiger charge is 2.30. The molecule has 0 unspecified atom stereocenters. The highest BCUT2D eigenvalue weighted by Crippen LogP contribution is 2.30. The molecule has 0 aliphatic heterocycles. The van der Waals surface area contributed by atoms with Crippen LogP contribution in [0.1, 0.15) is 18.3 Å². The summed E-state index contributed by atoms with van der Waals surface area (Å²) in [4.78, 5) is 24.5. The summed E-state index contributed by atoms with van der Waals surface area (Å²) in [5.74, 6) is -0.670. The van der Waals surface area contributed by atoms with E-state index in [0.717, 1.165) is 23.9 Å². The number of phenols is 1. The molecule has 2 amide bonds. The molecule has 3 N–H and O–H groups in total. The van der Waals surface area contributed by atoms with Crippen molar-refractivity contribution in [3.63, 3.8) is 0 Å². The minimum absolute atomic E-state index is 0.0110. The summed E-state index contributed by atoms with van der Waals surface area (Å²) in [6.45, 7) is 2.23. The summed E-state index contributed by atoms with van der Waals surface area (Å²) in [5, 5.41) is 23.2. The van der Waals surface area contributed by atoms with Gasteiger partial charge >= 0.3 is 6.18 Å². The number of nitrogens with one attached hydrogen (secondary N) is 2.